The Hall–Kier alpha value is -3.43. The Morgan fingerprint density at radius 1 is 1.15 bits per heavy atom. The molecule has 0 aliphatic carbocycles. The minimum absolute atomic E-state index is 0.0909. The second kappa shape index (κ2) is 11.4. The van der Waals surface area contributed by atoms with E-state index in [0.717, 1.165) is 11.1 Å². The normalized spacial score (nSPS) is 10.8. The van der Waals surface area contributed by atoms with Crippen molar-refractivity contribution in [2.75, 3.05) is 45.3 Å². The summed E-state index contributed by atoms with van der Waals surface area (Å²) < 4.78 is 5.23. The number of urea groups is 1. The molecular formula is C24H29N5O3S. The number of nitrogens with two attached hydrogens (primary N) is 1. The topological polar surface area (TPSA) is 101 Å². The van der Waals surface area contributed by atoms with E-state index in [4.69, 9.17) is 10.5 Å². The highest BCUT2D eigenvalue weighted by molar-refractivity contribution is 7.08. The number of ether oxygens (including phenoxy) is 1. The molecule has 3 N–H and O–H groups in total. The summed E-state index contributed by atoms with van der Waals surface area (Å²) in [6.07, 6.45) is 1.87. The van der Waals surface area contributed by atoms with Crippen LogP contribution in [0.1, 0.15) is 21.6 Å². The van der Waals surface area contributed by atoms with Gasteiger partial charge in [0.15, 0.2) is 5.78 Å². The first kappa shape index (κ1) is 24.2. The number of carbonyl (C=O) groups excluding carboxylic acids is 2. The van der Waals surface area contributed by atoms with Gasteiger partial charge in [0.25, 0.3) is 0 Å². The third kappa shape index (κ3) is 7.03. The van der Waals surface area contributed by atoms with E-state index >= 15 is 0 Å². The van der Waals surface area contributed by atoms with Crippen LogP contribution in [0, 0.1) is 0 Å². The standard InChI is InChI=1S/C24H29N5O3S/c1-28(2)9-10-29(24(31)27-19-5-4-6-20(12-19)32-3)14-17-7-8-22(26-13-17)23(30)11-18-15-33-16-21(18)25/h4-8,12-13,15-16H,9-11,14,25H2,1-3H3,(H,27,31). The maximum atomic E-state index is 13.0. The van der Waals surface area contributed by atoms with E-state index < -0.39 is 0 Å². The van der Waals surface area contributed by atoms with Gasteiger partial charge in [-0.15, -0.1) is 11.3 Å². The van der Waals surface area contributed by atoms with Crippen molar-refractivity contribution in [1.82, 2.24) is 14.8 Å². The number of rotatable bonds is 10. The predicted octanol–water partition coefficient (Wildman–Crippen LogP) is 3.76. The average Bonchev–Trinajstić information content (AvgIpc) is 3.21. The molecule has 0 saturated heterocycles. The lowest BCUT2D eigenvalue weighted by molar-refractivity contribution is 0.0988. The average molecular weight is 468 g/mol. The van der Waals surface area contributed by atoms with Gasteiger partial charge in [0, 0.05) is 55.1 Å². The number of likely N-dealkylation sites (N-methyl/N-ethyl adjacent to an activating group) is 1. The number of nitrogen functional groups attached to an aromatic ring is 1. The summed E-state index contributed by atoms with van der Waals surface area (Å²) in [4.78, 5) is 33.6. The lowest BCUT2D eigenvalue weighted by Crippen LogP contribution is -2.39. The number of methoxy groups -OCH3 is 1. The van der Waals surface area contributed by atoms with Gasteiger partial charge in [0.2, 0.25) is 0 Å². The summed E-state index contributed by atoms with van der Waals surface area (Å²) in [5.41, 5.74) is 9.19. The van der Waals surface area contributed by atoms with E-state index in [0.29, 0.717) is 42.5 Å². The first-order valence-corrected chi connectivity index (χ1v) is 11.4. The van der Waals surface area contributed by atoms with Gasteiger partial charge in [0.1, 0.15) is 11.4 Å². The van der Waals surface area contributed by atoms with Gasteiger partial charge in [-0.3, -0.25) is 9.78 Å². The fraction of sp³-hybridized carbons (Fsp3) is 0.292. The molecule has 9 heteroatoms. The number of hydrogen-bond donors (Lipinski definition) is 2. The van der Waals surface area contributed by atoms with Gasteiger partial charge in [-0.2, -0.15) is 0 Å². The molecule has 0 atom stereocenters. The fourth-order valence-corrected chi connectivity index (χ4v) is 3.87. The highest BCUT2D eigenvalue weighted by atomic mass is 32.1. The number of nitrogens with one attached hydrogen (secondary N) is 1. The van der Waals surface area contributed by atoms with Crippen LogP contribution in [0.5, 0.6) is 5.75 Å². The Labute approximate surface area is 198 Å². The van der Waals surface area contributed by atoms with Crippen molar-refractivity contribution >= 4 is 34.5 Å². The molecule has 33 heavy (non-hydrogen) atoms. The largest absolute Gasteiger partial charge is 0.497 e. The van der Waals surface area contributed by atoms with Crippen molar-refractivity contribution in [1.29, 1.82) is 0 Å². The number of thiophene rings is 1. The first-order chi connectivity index (χ1) is 15.9. The zero-order valence-electron chi connectivity index (χ0n) is 19.1. The molecule has 8 nitrogen and oxygen atoms in total. The Morgan fingerprint density at radius 3 is 2.61 bits per heavy atom. The Balaban J connectivity index is 1.67. The molecule has 0 bridgehead atoms. The molecule has 0 aliphatic rings. The third-order valence-electron chi connectivity index (χ3n) is 5.04. The smallest absolute Gasteiger partial charge is 0.322 e. The molecule has 0 unspecified atom stereocenters. The molecular weight excluding hydrogens is 438 g/mol. The van der Waals surface area contributed by atoms with E-state index in [1.54, 1.807) is 30.3 Å². The number of amides is 2. The second-order valence-corrected chi connectivity index (χ2v) is 8.63. The Bertz CT molecular complexity index is 1080. The van der Waals surface area contributed by atoms with Crippen LogP contribution in [0.3, 0.4) is 0 Å². The number of nitrogens with zero attached hydrogens (tertiary/aromatic N) is 3. The highest BCUT2D eigenvalue weighted by Gasteiger charge is 2.16. The maximum Gasteiger partial charge on any atom is 0.322 e. The molecule has 0 fully saturated rings. The monoisotopic (exact) mass is 467 g/mol. The maximum absolute atomic E-state index is 13.0. The number of aromatic nitrogens is 1. The molecule has 174 valence electrons. The Kier molecular flexibility index (Phi) is 8.39. The van der Waals surface area contributed by atoms with Crippen molar-refractivity contribution in [3.8, 4) is 5.75 Å². The van der Waals surface area contributed by atoms with Crippen molar-refractivity contribution < 1.29 is 14.3 Å². The van der Waals surface area contributed by atoms with Crippen molar-refractivity contribution in [2.24, 2.45) is 0 Å². The molecule has 2 amide bonds. The van der Waals surface area contributed by atoms with Crippen LogP contribution in [0.15, 0.2) is 53.4 Å². The zero-order chi connectivity index (χ0) is 23.8. The van der Waals surface area contributed by atoms with E-state index in [1.165, 1.54) is 11.3 Å². The summed E-state index contributed by atoms with van der Waals surface area (Å²) >= 11 is 1.47. The second-order valence-electron chi connectivity index (χ2n) is 7.89. The summed E-state index contributed by atoms with van der Waals surface area (Å²) in [6.45, 7) is 1.60. The molecule has 0 aliphatic heterocycles. The van der Waals surface area contributed by atoms with Gasteiger partial charge in [-0.1, -0.05) is 12.1 Å². The molecule has 0 radical (unpaired) electrons. The van der Waals surface area contributed by atoms with Gasteiger partial charge < -0.3 is 25.6 Å². The molecule has 3 aromatic rings. The number of carbonyl (C=O) groups is 2. The van der Waals surface area contributed by atoms with Crippen molar-refractivity contribution in [3.63, 3.8) is 0 Å². The molecule has 2 aromatic heterocycles. The van der Waals surface area contributed by atoms with E-state index in [2.05, 4.69) is 10.3 Å². The van der Waals surface area contributed by atoms with Crippen LogP contribution in [0.25, 0.3) is 0 Å². The Morgan fingerprint density at radius 2 is 1.97 bits per heavy atom. The van der Waals surface area contributed by atoms with E-state index in [-0.39, 0.29) is 18.2 Å². The lowest BCUT2D eigenvalue weighted by Gasteiger charge is -2.25. The summed E-state index contributed by atoms with van der Waals surface area (Å²) in [5, 5.41) is 6.62. The molecule has 0 spiro atoms. The number of ketones is 1. The van der Waals surface area contributed by atoms with Crippen molar-refractivity contribution in [2.45, 2.75) is 13.0 Å². The van der Waals surface area contributed by atoms with E-state index in [1.807, 2.05) is 54.0 Å². The summed E-state index contributed by atoms with van der Waals surface area (Å²) in [5.74, 6) is 0.577. The molecule has 1 aromatic carbocycles. The number of anilines is 2. The van der Waals surface area contributed by atoms with Crippen LogP contribution in [0.2, 0.25) is 0 Å². The van der Waals surface area contributed by atoms with Crippen LogP contribution < -0.4 is 15.8 Å². The summed E-state index contributed by atoms with van der Waals surface area (Å²) in [6, 6.07) is 10.5. The summed E-state index contributed by atoms with van der Waals surface area (Å²) in [7, 11) is 5.50. The third-order valence-corrected chi connectivity index (χ3v) is 5.85. The van der Waals surface area contributed by atoms with Crippen LogP contribution >= 0.6 is 11.3 Å². The lowest BCUT2D eigenvalue weighted by atomic mass is 10.1. The van der Waals surface area contributed by atoms with E-state index in [9.17, 15) is 9.59 Å². The predicted molar refractivity (Wildman–Crippen MR) is 132 cm³/mol. The van der Waals surface area contributed by atoms with Gasteiger partial charge >= 0.3 is 6.03 Å². The van der Waals surface area contributed by atoms with Gasteiger partial charge in [0.05, 0.1) is 7.11 Å². The number of pyridine rings is 1. The van der Waals surface area contributed by atoms with Crippen LogP contribution in [0.4, 0.5) is 16.2 Å². The minimum atomic E-state index is -0.224. The number of Topliss-reactive ketones (excluding diaryl/α,β-unsaturated/α-hetero) is 1. The van der Waals surface area contributed by atoms with Crippen LogP contribution in [-0.4, -0.2) is 60.9 Å². The van der Waals surface area contributed by atoms with Crippen LogP contribution in [-0.2, 0) is 13.0 Å². The quantitative estimate of drug-likeness (QED) is 0.441. The number of hydrogen-bond acceptors (Lipinski definition) is 7. The first-order valence-electron chi connectivity index (χ1n) is 10.5. The van der Waals surface area contributed by atoms with Gasteiger partial charge in [-0.05, 0) is 48.8 Å². The van der Waals surface area contributed by atoms with Crippen molar-refractivity contribution in [3.05, 3.63) is 70.2 Å². The highest BCUT2D eigenvalue weighted by Crippen LogP contribution is 2.20. The molecule has 2 heterocycles. The molecule has 3 rings (SSSR count). The minimum Gasteiger partial charge on any atom is -0.497 e. The number of benzene rings is 1. The van der Waals surface area contributed by atoms with Gasteiger partial charge in [-0.25, -0.2) is 4.79 Å². The SMILES string of the molecule is COc1cccc(NC(=O)N(CCN(C)C)Cc2ccc(C(=O)Cc3cscc3N)nc2)c1. The zero-order valence-corrected chi connectivity index (χ0v) is 19.9. The fourth-order valence-electron chi connectivity index (χ4n) is 3.12. The molecule has 0 saturated carbocycles.